The molecule has 0 aliphatic rings. The van der Waals surface area contributed by atoms with Crippen molar-refractivity contribution in [2.45, 2.75) is 13.5 Å². The minimum absolute atomic E-state index is 0.232. The third kappa shape index (κ3) is 3.33. The normalized spacial score (nSPS) is 11.2. The molecule has 0 aliphatic heterocycles. The monoisotopic (exact) mass is 384 g/mol. The van der Waals surface area contributed by atoms with E-state index in [1.54, 1.807) is 45.7 Å². The lowest BCUT2D eigenvalue weighted by Crippen LogP contribution is -2.35. The van der Waals surface area contributed by atoms with E-state index >= 15 is 0 Å². The van der Waals surface area contributed by atoms with Gasteiger partial charge in [0.25, 0.3) is 5.91 Å². The number of carbonyl (C=O) groups excluding carboxylic acids is 1. The third-order valence-corrected chi connectivity index (χ3v) is 5.21. The van der Waals surface area contributed by atoms with E-state index in [2.05, 4.69) is 15.2 Å². The molecule has 0 unspecified atom stereocenters. The fourth-order valence-electron chi connectivity index (χ4n) is 2.89. The highest BCUT2D eigenvalue weighted by molar-refractivity contribution is 7.22. The van der Waals surface area contributed by atoms with Gasteiger partial charge in [0, 0.05) is 26.0 Å². The lowest BCUT2D eigenvalue weighted by Gasteiger charge is -2.19. The highest BCUT2D eigenvalue weighted by atomic mass is 32.1. The number of para-hydroxylation sites is 1. The quantitative estimate of drug-likeness (QED) is 0.530. The summed E-state index contributed by atoms with van der Waals surface area (Å²) in [5, 5.41) is 8.88. The number of hydrogen-bond donors (Lipinski definition) is 0. The van der Waals surface area contributed by atoms with Gasteiger partial charge in [0.15, 0.2) is 5.13 Å². The maximum Gasteiger partial charge on any atom is 0.278 e. The zero-order chi connectivity index (χ0) is 19.0. The summed E-state index contributed by atoms with van der Waals surface area (Å²) in [7, 11) is 1.73. The van der Waals surface area contributed by atoms with E-state index in [0.29, 0.717) is 28.6 Å². The van der Waals surface area contributed by atoms with Crippen LogP contribution in [-0.2, 0) is 13.6 Å². The Labute approximate surface area is 158 Å². The number of rotatable bonds is 5. The molecule has 4 aromatic rings. The number of aryl methyl sites for hydroxylation is 2. The Kier molecular flexibility index (Phi) is 4.44. The summed E-state index contributed by atoms with van der Waals surface area (Å²) in [6.07, 6.45) is 3.51. The van der Waals surface area contributed by atoms with E-state index in [1.165, 1.54) is 17.4 Å². The highest BCUT2D eigenvalue weighted by Gasteiger charge is 2.24. The largest absolute Gasteiger partial charge is 0.281 e. The summed E-state index contributed by atoms with van der Waals surface area (Å²) < 4.78 is 18.1. The number of fused-ring (bicyclic) bond motifs is 1. The molecule has 1 aromatic carbocycles. The van der Waals surface area contributed by atoms with Crippen LogP contribution in [0.5, 0.6) is 0 Å². The molecule has 0 atom stereocenters. The standard InChI is InChI=1S/C18H17FN6OS/c1-12-11-14(23(2)22-12)17(26)25(10-9-24-8-4-7-20-24)18-21-16-13(19)5-3-6-15(16)27-18/h3-8,11H,9-10H2,1-2H3. The lowest BCUT2D eigenvalue weighted by atomic mass is 10.3. The van der Waals surface area contributed by atoms with Crippen LogP contribution in [0.4, 0.5) is 9.52 Å². The number of carbonyl (C=O) groups is 1. The fraction of sp³-hybridized carbons (Fsp3) is 0.222. The van der Waals surface area contributed by atoms with Gasteiger partial charge in [-0.15, -0.1) is 0 Å². The molecule has 0 radical (unpaired) electrons. The van der Waals surface area contributed by atoms with Gasteiger partial charge in [-0.2, -0.15) is 10.2 Å². The molecule has 1 amide bonds. The van der Waals surface area contributed by atoms with Crippen molar-refractivity contribution in [3.8, 4) is 0 Å². The minimum Gasteiger partial charge on any atom is -0.281 e. The molecule has 7 nitrogen and oxygen atoms in total. The van der Waals surface area contributed by atoms with E-state index in [-0.39, 0.29) is 11.4 Å². The molecule has 138 valence electrons. The van der Waals surface area contributed by atoms with E-state index in [9.17, 15) is 9.18 Å². The van der Waals surface area contributed by atoms with Gasteiger partial charge in [-0.05, 0) is 31.2 Å². The van der Waals surface area contributed by atoms with Crippen LogP contribution >= 0.6 is 11.3 Å². The first-order valence-corrected chi connectivity index (χ1v) is 9.19. The Morgan fingerprint density at radius 2 is 2.19 bits per heavy atom. The molecule has 0 aliphatic carbocycles. The second kappa shape index (κ2) is 6.92. The van der Waals surface area contributed by atoms with Gasteiger partial charge in [-0.1, -0.05) is 17.4 Å². The van der Waals surface area contributed by atoms with E-state index in [0.717, 1.165) is 5.69 Å². The first kappa shape index (κ1) is 17.3. The summed E-state index contributed by atoms with van der Waals surface area (Å²) >= 11 is 1.29. The zero-order valence-corrected chi connectivity index (χ0v) is 15.6. The number of amides is 1. The topological polar surface area (TPSA) is 68.8 Å². The number of hydrogen-bond acceptors (Lipinski definition) is 5. The van der Waals surface area contributed by atoms with Gasteiger partial charge < -0.3 is 0 Å². The SMILES string of the molecule is Cc1cc(C(=O)N(CCn2cccn2)c2nc3c(F)cccc3s2)n(C)n1. The molecule has 0 saturated heterocycles. The predicted octanol–water partition coefficient (Wildman–Crippen LogP) is 3.02. The molecule has 0 N–H and O–H groups in total. The van der Waals surface area contributed by atoms with Crippen molar-refractivity contribution in [3.05, 3.63) is 59.9 Å². The molecule has 27 heavy (non-hydrogen) atoms. The van der Waals surface area contributed by atoms with Gasteiger partial charge in [0.2, 0.25) is 0 Å². The van der Waals surface area contributed by atoms with E-state index in [4.69, 9.17) is 0 Å². The Morgan fingerprint density at radius 1 is 1.33 bits per heavy atom. The first-order valence-electron chi connectivity index (χ1n) is 8.38. The molecular formula is C18H17FN6OS. The van der Waals surface area contributed by atoms with Crippen LogP contribution in [0.3, 0.4) is 0 Å². The summed E-state index contributed by atoms with van der Waals surface area (Å²) in [6, 6.07) is 8.36. The molecule has 4 rings (SSSR count). The summed E-state index contributed by atoms with van der Waals surface area (Å²) in [4.78, 5) is 19.2. The van der Waals surface area contributed by atoms with Crippen molar-refractivity contribution in [1.82, 2.24) is 24.5 Å². The van der Waals surface area contributed by atoms with Gasteiger partial charge >= 0.3 is 0 Å². The van der Waals surface area contributed by atoms with Crippen molar-refractivity contribution in [2.24, 2.45) is 7.05 Å². The van der Waals surface area contributed by atoms with Crippen LogP contribution in [0.2, 0.25) is 0 Å². The molecule has 0 bridgehead atoms. The number of benzene rings is 1. The smallest absolute Gasteiger partial charge is 0.278 e. The number of thiazole rings is 1. The van der Waals surface area contributed by atoms with E-state index in [1.807, 2.05) is 19.2 Å². The van der Waals surface area contributed by atoms with Crippen LogP contribution in [0.1, 0.15) is 16.2 Å². The average Bonchev–Trinajstić information content (AvgIpc) is 3.35. The van der Waals surface area contributed by atoms with Crippen LogP contribution in [0, 0.1) is 12.7 Å². The van der Waals surface area contributed by atoms with Crippen LogP contribution in [0.25, 0.3) is 10.2 Å². The average molecular weight is 384 g/mol. The second-order valence-corrected chi connectivity index (χ2v) is 7.11. The molecule has 0 spiro atoms. The van der Waals surface area contributed by atoms with Crippen molar-refractivity contribution >= 4 is 32.6 Å². The molecule has 9 heteroatoms. The van der Waals surface area contributed by atoms with E-state index < -0.39 is 5.82 Å². The number of anilines is 1. The van der Waals surface area contributed by atoms with Gasteiger partial charge in [0.05, 0.1) is 16.9 Å². The number of nitrogens with zero attached hydrogens (tertiary/aromatic N) is 6. The second-order valence-electron chi connectivity index (χ2n) is 6.10. The lowest BCUT2D eigenvalue weighted by molar-refractivity contribution is 0.0976. The summed E-state index contributed by atoms with van der Waals surface area (Å²) in [5.41, 5.74) is 1.48. The first-order chi connectivity index (χ1) is 13.0. The van der Waals surface area contributed by atoms with Gasteiger partial charge in [-0.25, -0.2) is 9.37 Å². The molecule has 0 fully saturated rings. The zero-order valence-electron chi connectivity index (χ0n) is 14.8. The molecule has 3 aromatic heterocycles. The van der Waals surface area contributed by atoms with Crippen molar-refractivity contribution in [1.29, 1.82) is 0 Å². The van der Waals surface area contributed by atoms with Gasteiger partial charge in [-0.3, -0.25) is 19.1 Å². The van der Waals surface area contributed by atoms with Gasteiger partial charge in [0.1, 0.15) is 17.0 Å². The van der Waals surface area contributed by atoms with Crippen LogP contribution in [-0.4, -0.2) is 37.0 Å². The molecular weight excluding hydrogens is 367 g/mol. The molecule has 0 saturated carbocycles. The maximum atomic E-state index is 14.1. The Bertz CT molecular complexity index is 1100. The summed E-state index contributed by atoms with van der Waals surface area (Å²) in [6.45, 7) is 2.68. The Morgan fingerprint density at radius 3 is 2.85 bits per heavy atom. The summed E-state index contributed by atoms with van der Waals surface area (Å²) in [5.74, 6) is -0.629. The predicted molar refractivity (Wildman–Crippen MR) is 101 cm³/mol. The van der Waals surface area contributed by atoms with Crippen molar-refractivity contribution in [3.63, 3.8) is 0 Å². The Balaban J connectivity index is 1.73. The minimum atomic E-state index is -0.397. The number of aromatic nitrogens is 5. The maximum absolute atomic E-state index is 14.1. The number of halogens is 1. The van der Waals surface area contributed by atoms with Crippen LogP contribution < -0.4 is 4.90 Å². The Hall–Kier alpha value is -3.07. The highest BCUT2D eigenvalue weighted by Crippen LogP contribution is 2.31. The molecule has 3 heterocycles. The fourth-order valence-corrected chi connectivity index (χ4v) is 3.89. The van der Waals surface area contributed by atoms with Crippen LogP contribution in [0.15, 0.2) is 42.7 Å². The van der Waals surface area contributed by atoms with Crippen molar-refractivity contribution < 1.29 is 9.18 Å². The third-order valence-electron chi connectivity index (χ3n) is 4.17. The van der Waals surface area contributed by atoms with Crippen molar-refractivity contribution in [2.75, 3.05) is 11.4 Å².